The number of rotatable bonds is 6. The van der Waals surface area contributed by atoms with E-state index in [9.17, 15) is 4.79 Å². The van der Waals surface area contributed by atoms with Gasteiger partial charge in [-0.15, -0.1) is 0 Å². The lowest BCUT2D eigenvalue weighted by molar-refractivity contribution is 0.0947. The number of anilines is 1. The number of benzene rings is 2. The van der Waals surface area contributed by atoms with Gasteiger partial charge in [0.05, 0.1) is 12.5 Å². The largest absolute Gasteiger partial charge is 0.497 e. The van der Waals surface area contributed by atoms with Crippen LogP contribution >= 0.6 is 0 Å². The summed E-state index contributed by atoms with van der Waals surface area (Å²) in [5, 5.41) is 8.28. The molecule has 0 spiro atoms. The Bertz CT molecular complexity index is 947. The molecule has 1 amide bonds. The minimum absolute atomic E-state index is 0.0772. The average molecular weight is 380 g/mol. The van der Waals surface area contributed by atoms with E-state index < -0.39 is 0 Å². The highest BCUT2D eigenvalue weighted by atomic mass is 16.5. The Morgan fingerprint density at radius 2 is 1.96 bits per heavy atom. The minimum atomic E-state index is -0.0772. The number of piperazine rings is 1. The molecular weight excluding hydrogens is 356 g/mol. The van der Waals surface area contributed by atoms with Crippen molar-refractivity contribution >= 4 is 22.7 Å². The number of ether oxygens (including phenoxy) is 1. The first-order chi connectivity index (χ1) is 13.7. The quantitative estimate of drug-likeness (QED) is 0.708. The molecule has 146 valence electrons. The van der Waals surface area contributed by atoms with E-state index in [2.05, 4.69) is 20.3 Å². The summed E-state index contributed by atoms with van der Waals surface area (Å²) >= 11 is 0. The molecule has 0 bridgehead atoms. The van der Waals surface area contributed by atoms with E-state index in [1.54, 1.807) is 19.2 Å². The van der Waals surface area contributed by atoms with E-state index in [-0.39, 0.29) is 5.91 Å². The number of carbonyl (C=O) groups excluding carboxylic acids is 1. The summed E-state index contributed by atoms with van der Waals surface area (Å²) in [7, 11) is 1.60. The number of aromatic nitrogens is 1. The van der Waals surface area contributed by atoms with Gasteiger partial charge in [0.25, 0.3) is 5.91 Å². The van der Waals surface area contributed by atoms with Gasteiger partial charge in [-0.1, -0.05) is 23.4 Å². The van der Waals surface area contributed by atoms with Crippen molar-refractivity contribution in [3.63, 3.8) is 0 Å². The molecule has 1 N–H and O–H groups in total. The number of carbonyl (C=O) groups is 1. The van der Waals surface area contributed by atoms with Gasteiger partial charge in [0, 0.05) is 44.8 Å². The highest BCUT2D eigenvalue weighted by Gasteiger charge is 2.21. The maximum absolute atomic E-state index is 12.3. The molecule has 7 heteroatoms. The van der Waals surface area contributed by atoms with Gasteiger partial charge < -0.3 is 19.5 Å². The van der Waals surface area contributed by atoms with Gasteiger partial charge in [-0.05, 0) is 30.3 Å². The second-order valence-electron chi connectivity index (χ2n) is 6.82. The van der Waals surface area contributed by atoms with Crippen LogP contribution in [0, 0.1) is 0 Å². The summed E-state index contributed by atoms with van der Waals surface area (Å²) in [5.74, 6) is 1.53. The molecule has 28 heavy (non-hydrogen) atoms. The molecule has 1 saturated heterocycles. The molecule has 1 aliphatic rings. The van der Waals surface area contributed by atoms with Crippen LogP contribution in [0.15, 0.2) is 53.1 Å². The van der Waals surface area contributed by atoms with Gasteiger partial charge >= 0.3 is 0 Å². The molecule has 2 aromatic carbocycles. The molecule has 1 aliphatic heterocycles. The van der Waals surface area contributed by atoms with Gasteiger partial charge in [0.2, 0.25) is 0 Å². The Labute approximate surface area is 163 Å². The molecule has 4 rings (SSSR count). The van der Waals surface area contributed by atoms with Crippen LogP contribution in [-0.4, -0.2) is 62.3 Å². The van der Waals surface area contributed by atoms with Gasteiger partial charge in [-0.2, -0.15) is 0 Å². The number of fused-ring (bicyclic) bond motifs is 1. The van der Waals surface area contributed by atoms with Crippen LogP contribution in [0.3, 0.4) is 0 Å². The zero-order valence-electron chi connectivity index (χ0n) is 15.9. The molecule has 0 radical (unpaired) electrons. The second kappa shape index (κ2) is 8.31. The number of nitrogens with zero attached hydrogens (tertiary/aromatic N) is 3. The molecule has 0 saturated carbocycles. The minimum Gasteiger partial charge on any atom is -0.497 e. The zero-order chi connectivity index (χ0) is 19.3. The highest BCUT2D eigenvalue weighted by Crippen LogP contribution is 2.26. The van der Waals surface area contributed by atoms with Crippen molar-refractivity contribution in [3.05, 3.63) is 54.1 Å². The van der Waals surface area contributed by atoms with Crippen LogP contribution in [0.1, 0.15) is 10.4 Å². The summed E-state index contributed by atoms with van der Waals surface area (Å²) in [6.07, 6.45) is 0. The predicted molar refractivity (Wildman–Crippen MR) is 108 cm³/mol. The van der Waals surface area contributed by atoms with Crippen LogP contribution < -0.4 is 15.0 Å². The highest BCUT2D eigenvalue weighted by molar-refractivity contribution is 5.94. The van der Waals surface area contributed by atoms with Gasteiger partial charge in [-0.25, -0.2) is 0 Å². The molecule has 3 aromatic rings. The van der Waals surface area contributed by atoms with E-state index in [1.807, 2.05) is 36.4 Å². The summed E-state index contributed by atoms with van der Waals surface area (Å²) in [6.45, 7) is 5.07. The molecule has 0 aliphatic carbocycles. The van der Waals surface area contributed by atoms with E-state index in [0.717, 1.165) is 49.5 Å². The number of nitrogens with one attached hydrogen (secondary N) is 1. The Kier molecular flexibility index (Phi) is 5.43. The maximum Gasteiger partial charge on any atom is 0.251 e. The second-order valence-corrected chi connectivity index (χ2v) is 6.82. The molecular formula is C21H24N4O3. The van der Waals surface area contributed by atoms with Crippen LogP contribution in [0.2, 0.25) is 0 Å². The van der Waals surface area contributed by atoms with Crippen molar-refractivity contribution in [2.75, 3.05) is 51.3 Å². The van der Waals surface area contributed by atoms with Crippen molar-refractivity contribution in [2.45, 2.75) is 0 Å². The van der Waals surface area contributed by atoms with Crippen molar-refractivity contribution in [3.8, 4) is 5.75 Å². The van der Waals surface area contributed by atoms with Gasteiger partial charge in [0.1, 0.15) is 5.75 Å². The van der Waals surface area contributed by atoms with Crippen LogP contribution in [0.25, 0.3) is 11.0 Å². The van der Waals surface area contributed by atoms with E-state index in [4.69, 9.17) is 9.26 Å². The lowest BCUT2D eigenvalue weighted by atomic mass is 10.2. The SMILES string of the molecule is COc1cccc(C(=O)NCCN2CCN(c3noc4ccccc34)CC2)c1. The fourth-order valence-corrected chi connectivity index (χ4v) is 3.48. The standard InChI is InChI=1S/C21H24N4O3/c1-27-17-6-4-5-16(15-17)21(26)22-9-10-24-11-13-25(14-12-24)20-18-7-2-3-8-19(18)28-23-20/h2-8,15H,9-14H2,1H3,(H,22,26). The Morgan fingerprint density at radius 1 is 1.14 bits per heavy atom. The first kappa shape index (κ1) is 18.3. The third kappa shape index (κ3) is 3.94. The Balaban J connectivity index is 1.25. The van der Waals surface area contributed by atoms with Crippen LogP contribution in [0.4, 0.5) is 5.82 Å². The first-order valence-corrected chi connectivity index (χ1v) is 9.48. The number of para-hydroxylation sites is 1. The Hall–Kier alpha value is -3.06. The van der Waals surface area contributed by atoms with E-state index in [1.165, 1.54) is 0 Å². The number of methoxy groups -OCH3 is 1. The summed E-state index contributed by atoms with van der Waals surface area (Å²) in [5.41, 5.74) is 1.43. The molecule has 0 atom stereocenters. The third-order valence-corrected chi connectivity index (χ3v) is 5.08. The summed E-state index contributed by atoms with van der Waals surface area (Å²) in [4.78, 5) is 16.9. The number of hydrogen-bond acceptors (Lipinski definition) is 6. The Morgan fingerprint density at radius 3 is 2.79 bits per heavy atom. The monoisotopic (exact) mass is 380 g/mol. The lowest BCUT2D eigenvalue weighted by Gasteiger charge is -2.34. The van der Waals surface area contributed by atoms with Crippen LogP contribution in [0.5, 0.6) is 5.75 Å². The molecule has 7 nitrogen and oxygen atoms in total. The fourth-order valence-electron chi connectivity index (χ4n) is 3.48. The van der Waals surface area contributed by atoms with Crippen molar-refractivity contribution in [1.29, 1.82) is 0 Å². The topological polar surface area (TPSA) is 70.8 Å². The molecule has 1 fully saturated rings. The lowest BCUT2D eigenvalue weighted by Crippen LogP contribution is -2.48. The summed E-state index contributed by atoms with van der Waals surface area (Å²) in [6, 6.07) is 15.1. The number of hydrogen-bond donors (Lipinski definition) is 1. The van der Waals surface area contributed by atoms with E-state index in [0.29, 0.717) is 17.9 Å². The fraction of sp³-hybridized carbons (Fsp3) is 0.333. The molecule has 0 unspecified atom stereocenters. The van der Waals surface area contributed by atoms with Gasteiger partial charge in [-0.3, -0.25) is 9.69 Å². The molecule has 1 aromatic heterocycles. The van der Waals surface area contributed by atoms with E-state index >= 15 is 0 Å². The van der Waals surface area contributed by atoms with Crippen molar-refractivity contribution in [2.24, 2.45) is 0 Å². The zero-order valence-corrected chi connectivity index (χ0v) is 15.9. The van der Waals surface area contributed by atoms with Crippen LogP contribution in [-0.2, 0) is 0 Å². The summed E-state index contributed by atoms with van der Waals surface area (Å²) < 4.78 is 10.6. The van der Waals surface area contributed by atoms with Gasteiger partial charge in [0.15, 0.2) is 11.4 Å². The maximum atomic E-state index is 12.3. The number of amides is 1. The van der Waals surface area contributed by atoms with Crippen molar-refractivity contribution < 1.29 is 14.1 Å². The smallest absolute Gasteiger partial charge is 0.251 e. The van der Waals surface area contributed by atoms with Crippen molar-refractivity contribution in [1.82, 2.24) is 15.4 Å². The molecule has 2 heterocycles. The normalized spacial score (nSPS) is 15.0. The third-order valence-electron chi connectivity index (χ3n) is 5.08. The first-order valence-electron chi connectivity index (χ1n) is 9.48. The average Bonchev–Trinajstić information content (AvgIpc) is 3.18. The predicted octanol–water partition coefficient (Wildman–Crippen LogP) is 2.39.